The van der Waals surface area contributed by atoms with Crippen molar-refractivity contribution in [1.82, 2.24) is 0 Å². The highest BCUT2D eigenvalue weighted by molar-refractivity contribution is 5.92. The van der Waals surface area contributed by atoms with Crippen LogP contribution in [0, 0.1) is 0 Å². The highest BCUT2D eigenvalue weighted by atomic mass is 17.2. The summed E-state index contributed by atoms with van der Waals surface area (Å²) in [5, 5.41) is 18.6. The van der Waals surface area contributed by atoms with Crippen LogP contribution < -0.4 is 9.62 Å². The lowest BCUT2D eigenvalue weighted by Crippen LogP contribution is -2.16. The Kier molecular flexibility index (Phi) is 5.74. The predicted octanol–water partition coefficient (Wildman–Crippen LogP) is 1.91. The van der Waals surface area contributed by atoms with Crippen molar-refractivity contribution < 1.29 is 34.3 Å². The van der Waals surface area contributed by atoms with E-state index in [0.29, 0.717) is 0 Å². The largest absolute Gasteiger partial charge is 0.478 e. The molecule has 1 aromatic carbocycles. The van der Waals surface area contributed by atoms with E-state index in [1.165, 1.54) is 25.1 Å². The van der Waals surface area contributed by atoms with Gasteiger partial charge in [0.05, 0.1) is 0 Å². The van der Waals surface area contributed by atoms with E-state index in [1.54, 1.807) is 6.92 Å². The van der Waals surface area contributed by atoms with E-state index in [0.717, 1.165) is 0 Å². The van der Waals surface area contributed by atoms with Crippen LogP contribution in [0.5, 0.6) is 11.5 Å². The number of para-hydroxylation sites is 1. The van der Waals surface area contributed by atoms with E-state index in [4.69, 9.17) is 14.7 Å². The highest BCUT2D eigenvalue weighted by Crippen LogP contribution is 2.32. The highest BCUT2D eigenvalue weighted by Gasteiger charge is 2.21. The topological polar surface area (TPSA) is 102 Å². The predicted molar refractivity (Wildman–Crippen MR) is 71.9 cm³/mol. The van der Waals surface area contributed by atoms with Crippen LogP contribution in [0.3, 0.4) is 0 Å². The first-order chi connectivity index (χ1) is 9.86. The molecule has 0 aliphatic heterocycles. The zero-order valence-electron chi connectivity index (χ0n) is 11.7. The molecule has 7 heteroatoms. The first-order valence-corrected chi connectivity index (χ1v) is 6.12. The Morgan fingerprint density at radius 3 is 2.57 bits per heavy atom. The molecule has 1 atom stereocenters. The van der Waals surface area contributed by atoms with E-state index in [1.807, 2.05) is 0 Å². The first-order valence-electron chi connectivity index (χ1n) is 6.12. The molecule has 21 heavy (non-hydrogen) atoms. The Balaban J connectivity index is 3.08. The van der Waals surface area contributed by atoms with E-state index < -0.39 is 18.2 Å². The van der Waals surface area contributed by atoms with Crippen molar-refractivity contribution in [2.75, 3.05) is 0 Å². The van der Waals surface area contributed by atoms with Gasteiger partial charge in [-0.05, 0) is 19.1 Å². The molecule has 0 fully saturated rings. The van der Waals surface area contributed by atoms with E-state index in [-0.39, 0.29) is 29.1 Å². The molecular weight excluding hydrogens is 280 g/mol. The molecule has 0 radical (unpaired) electrons. The molecule has 1 rings (SSSR count). The maximum absolute atomic E-state index is 11.3. The number of carbonyl (C=O) groups is 2. The molecular formula is C14H16O7. The lowest BCUT2D eigenvalue weighted by Gasteiger charge is -2.15. The van der Waals surface area contributed by atoms with Crippen LogP contribution in [-0.4, -0.2) is 28.4 Å². The number of aromatic carboxylic acids is 1. The van der Waals surface area contributed by atoms with Gasteiger partial charge in [-0.3, -0.25) is 4.89 Å². The number of hydrogen-bond acceptors (Lipinski definition) is 6. The number of hydrogen-bond donors (Lipinski definition) is 2. The van der Waals surface area contributed by atoms with Gasteiger partial charge in [-0.2, -0.15) is 0 Å². The Morgan fingerprint density at radius 2 is 2.05 bits per heavy atom. The molecule has 2 N–H and O–H groups in total. The van der Waals surface area contributed by atoms with E-state index in [2.05, 4.69) is 11.5 Å². The second kappa shape index (κ2) is 7.30. The van der Waals surface area contributed by atoms with Gasteiger partial charge in [0.1, 0.15) is 5.56 Å². The summed E-state index contributed by atoms with van der Waals surface area (Å²) in [6.07, 6.45) is -0.865. The van der Waals surface area contributed by atoms with Gasteiger partial charge >= 0.3 is 11.9 Å². The normalized spacial score (nSPS) is 11.4. The van der Waals surface area contributed by atoms with Crippen molar-refractivity contribution in [2.45, 2.75) is 26.6 Å². The molecule has 0 spiro atoms. The van der Waals surface area contributed by atoms with Gasteiger partial charge < -0.3 is 14.9 Å². The van der Waals surface area contributed by atoms with Gasteiger partial charge in [-0.25, -0.2) is 14.5 Å². The molecule has 0 saturated heterocycles. The van der Waals surface area contributed by atoms with Crippen LogP contribution in [0.25, 0.3) is 0 Å². The minimum absolute atomic E-state index is 0.0567. The summed E-state index contributed by atoms with van der Waals surface area (Å²) >= 11 is 0. The third-order valence-electron chi connectivity index (χ3n) is 2.37. The second-order valence-corrected chi connectivity index (χ2v) is 4.15. The number of rotatable bonds is 7. The average molecular weight is 296 g/mol. The second-order valence-electron chi connectivity index (χ2n) is 4.15. The fourth-order valence-corrected chi connectivity index (χ4v) is 1.24. The minimum Gasteiger partial charge on any atom is -0.478 e. The van der Waals surface area contributed by atoms with Crippen molar-refractivity contribution in [2.24, 2.45) is 0 Å². The number of ether oxygens (including phenoxy) is 1. The van der Waals surface area contributed by atoms with Crippen molar-refractivity contribution in [3.63, 3.8) is 0 Å². The number of carbonyl (C=O) groups excluding carboxylic acids is 1. The Bertz CT molecular complexity index is 550. The third kappa shape index (κ3) is 4.50. The lowest BCUT2D eigenvalue weighted by atomic mass is 10.2. The molecule has 1 aromatic rings. The van der Waals surface area contributed by atoms with Crippen LogP contribution in [0.4, 0.5) is 0 Å². The van der Waals surface area contributed by atoms with Crippen LogP contribution in [0.2, 0.25) is 0 Å². The van der Waals surface area contributed by atoms with Gasteiger partial charge in [0, 0.05) is 12.0 Å². The molecule has 7 nitrogen and oxygen atoms in total. The van der Waals surface area contributed by atoms with Gasteiger partial charge in [-0.15, -0.1) is 0 Å². The van der Waals surface area contributed by atoms with Crippen molar-refractivity contribution in [3.05, 3.63) is 35.9 Å². The Labute approximate surface area is 121 Å². The average Bonchev–Trinajstić information content (AvgIpc) is 2.44. The molecule has 0 aliphatic carbocycles. The van der Waals surface area contributed by atoms with Crippen LogP contribution in [-0.2, 0) is 9.68 Å². The molecule has 0 aromatic heterocycles. The first kappa shape index (κ1) is 16.5. The van der Waals surface area contributed by atoms with Crippen molar-refractivity contribution in [1.29, 1.82) is 0 Å². The quantitative estimate of drug-likeness (QED) is 0.343. The SMILES string of the molecule is C=C(C)C(=O)OOc1c(OC(O)CC)cccc1C(=O)O. The van der Waals surface area contributed by atoms with Gasteiger partial charge in [-0.1, -0.05) is 19.6 Å². The monoisotopic (exact) mass is 296 g/mol. The fourth-order valence-electron chi connectivity index (χ4n) is 1.24. The number of carboxylic acid groups (broad SMARTS) is 1. The summed E-state index contributed by atoms with van der Waals surface area (Å²) in [5.41, 5.74) is -0.191. The van der Waals surface area contributed by atoms with Gasteiger partial charge in [0.15, 0.2) is 12.0 Å². The number of benzene rings is 1. The summed E-state index contributed by atoms with van der Waals surface area (Å²) < 4.78 is 5.13. The standard InChI is InChI=1S/C14H16O7/c1-4-11(15)19-10-7-5-6-9(13(16)17)12(10)20-21-14(18)8(2)3/h5-7,11,15H,2,4H2,1,3H3,(H,16,17). The summed E-state index contributed by atoms with van der Waals surface area (Å²) in [4.78, 5) is 31.7. The number of aliphatic hydroxyl groups is 1. The molecule has 0 heterocycles. The van der Waals surface area contributed by atoms with E-state index >= 15 is 0 Å². The minimum atomic E-state index is -1.30. The molecule has 0 saturated carbocycles. The maximum atomic E-state index is 11.3. The van der Waals surface area contributed by atoms with Crippen molar-refractivity contribution in [3.8, 4) is 11.5 Å². The number of aliphatic hydroxyl groups excluding tert-OH is 1. The van der Waals surface area contributed by atoms with E-state index in [9.17, 15) is 14.7 Å². The number of carboxylic acids is 1. The zero-order valence-corrected chi connectivity index (χ0v) is 11.7. The van der Waals surface area contributed by atoms with Gasteiger partial charge in [0.2, 0.25) is 5.75 Å². The maximum Gasteiger partial charge on any atom is 0.381 e. The lowest BCUT2D eigenvalue weighted by molar-refractivity contribution is -0.209. The summed E-state index contributed by atoms with van der Waals surface area (Å²) in [6, 6.07) is 4.04. The molecule has 0 aliphatic rings. The fraction of sp³-hybridized carbons (Fsp3) is 0.286. The molecule has 1 unspecified atom stereocenters. The summed E-state index contributed by atoms with van der Waals surface area (Å²) in [6.45, 7) is 6.45. The zero-order chi connectivity index (χ0) is 16.0. The molecule has 114 valence electrons. The smallest absolute Gasteiger partial charge is 0.381 e. The summed E-state index contributed by atoms with van der Waals surface area (Å²) in [7, 11) is 0. The summed E-state index contributed by atoms with van der Waals surface area (Å²) in [5.74, 6) is -2.52. The Hall–Kier alpha value is -2.54. The van der Waals surface area contributed by atoms with Crippen LogP contribution >= 0.6 is 0 Å². The Morgan fingerprint density at radius 1 is 1.38 bits per heavy atom. The van der Waals surface area contributed by atoms with Crippen LogP contribution in [0.1, 0.15) is 30.6 Å². The molecule has 0 bridgehead atoms. The molecule has 0 amide bonds. The third-order valence-corrected chi connectivity index (χ3v) is 2.37. The van der Waals surface area contributed by atoms with Crippen LogP contribution in [0.15, 0.2) is 30.4 Å². The van der Waals surface area contributed by atoms with Crippen molar-refractivity contribution >= 4 is 11.9 Å². The van der Waals surface area contributed by atoms with Gasteiger partial charge in [0.25, 0.3) is 0 Å².